The highest BCUT2D eigenvalue weighted by molar-refractivity contribution is 5.21. The second kappa shape index (κ2) is 4.08. The van der Waals surface area contributed by atoms with Gasteiger partial charge >= 0.3 is 0 Å². The molecule has 1 aliphatic heterocycles. The SMILES string of the molecule is CC1(C)C2OCCC2C1(N)CNCc1ccco1. The van der Waals surface area contributed by atoms with Crippen LogP contribution >= 0.6 is 0 Å². The summed E-state index contributed by atoms with van der Waals surface area (Å²) in [7, 11) is 0. The first-order valence-electron chi connectivity index (χ1n) is 6.69. The molecule has 2 heterocycles. The van der Waals surface area contributed by atoms with E-state index in [1.807, 2.05) is 12.1 Å². The standard InChI is InChI=1S/C14H22N2O2/c1-13(2)12-11(5-7-18-12)14(13,15)9-16-8-10-4-3-6-17-10/h3-4,6,11-12,16H,5,7-9,15H2,1-2H3. The Kier molecular flexibility index (Phi) is 2.77. The van der Waals surface area contributed by atoms with E-state index < -0.39 is 0 Å². The van der Waals surface area contributed by atoms with E-state index in [9.17, 15) is 0 Å². The lowest BCUT2D eigenvalue weighted by Crippen LogP contribution is -2.77. The van der Waals surface area contributed by atoms with Crippen molar-refractivity contribution in [1.82, 2.24) is 5.32 Å². The Balaban J connectivity index is 1.61. The molecule has 1 aromatic rings. The van der Waals surface area contributed by atoms with Crippen LogP contribution in [0.15, 0.2) is 22.8 Å². The maximum Gasteiger partial charge on any atom is 0.117 e. The quantitative estimate of drug-likeness (QED) is 0.850. The third kappa shape index (κ3) is 1.56. The fraction of sp³-hybridized carbons (Fsp3) is 0.714. The Labute approximate surface area is 108 Å². The van der Waals surface area contributed by atoms with Crippen molar-refractivity contribution < 1.29 is 9.15 Å². The zero-order chi connectivity index (χ0) is 12.8. The molecule has 2 aliphatic rings. The van der Waals surface area contributed by atoms with E-state index in [0.29, 0.717) is 12.0 Å². The Morgan fingerprint density at radius 1 is 1.50 bits per heavy atom. The number of fused-ring (bicyclic) bond motifs is 1. The van der Waals surface area contributed by atoms with E-state index in [1.54, 1.807) is 6.26 Å². The lowest BCUT2D eigenvalue weighted by molar-refractivity contribution is -0.153. The molecule has 1 saturated heterocycles. The first-order chi connectivity index (χ1) is 8.56. The highest BCUT2D eigenvalue weighted by Gasteiger charge is 2.67. The molecule has 2 fully saturated rings. The minimum atomic E-state index is -0.166. The largest absolute Gasteiger partial charge is 0.468 e. The lowest BCUT2D eigenvalue weighted by atomic mass is 9.48. The Hall–Kier alpha value is -0.840. The van der Waals surface area contributed by atoms with Crippen LogP contribution in [0.25, 0.3) is 0 Å². The third-order valence-corrected chi connectivity index (χ3v) is 4.96. The fourth-order valence-electron chi connectivity index (χ4n) is 3.64. The summed E-state index contributed by atoms with van der Waals surface area (Å²) in [6.07, 6.45) is 3.13. The number of hydrogen-bond donors (Lipinski definition) is 2. The zero-order valence-corrected chi connectivity index (χ0v) is 11.1. The van der Waals surface area contributed by atoms with E-state index in [1.165, 1.54) is 0 Å². The van der Waals surface area contributed by atoms with Gasteiger partial charge in [0.05, 0.1) is 18.9 Å². The van der Waals surface area contributed by atoms with Crippen LogP contribution in [0, 0.1) is 11.3 Å². The van der Waals surface area contributed by atoms with Crippen LogP contribution in [-0.4, -0.2) is 24.8 Å². The molecule has 3 N–H and O–H groups in total. The average Bonchev–Trinajstić information content (AvgIpc) is 2.99. The predicted octanol–water partition coefficient (Wildman–Crippen LogP) is 1.51. The van der Waals surface area contributed by atoms with Crippen LogP contribution in [-0.2, 0) is 11.3 Å². The molecule has 0 bridgehead atoms. The summed E-state index contributed by atoms with van der Waals surface area (Å²) >= 11 is 0. The van der Waals surface area contributed by atoms with Gasteiger partial charge in [0.15, 0.2) is 0 Å². The number of ether oxygens (including phenoxy) is 1. The smallest absolute Gasteiger partial charge is 0.117 e. The molecule has 1 aromatic heterocycles. The minimum absolute atomic E-state index is 0.0460. The molecule has 4 heteroatoms. The van der Waals surface area contributed by atoms with E-state index >= 15 is 0 Å². The summed E-state index contributed by atoms with van der Waals surface area (Å²) in [4.78, 5) is 0. The third-order valence-electron chi connectivity index (χ3n) is 4.96. The van der Waals surface area contributed by atoms with Crippen LogP contribution in [0.3, 0.4) is 0 Å². The second-order valence-corrected chi connectivity index (χ2v) is 6.13. The van der Waals surface area contributed by atoms with Gasteiger partial charge in [0.1, 0.15) is 5.76 Å². The maximum absolute atomic E-state index is 6.63. The molecular formula is C14H22N2O2. The zero-order valence-electron chi connectivity index (χ0n) is 11.1. The first-order valence-corrected chi connectivity index (χ1v) is 6.69. The summed E-state index contributed by atoms with van der Waals surface area (Å²) in [5, 5.41) is 3.42. The van der Waals surface area contributed by atoms with Gasteiger partial charge in [-0.2, -0.15) is 0 Å². The summed E-state index contributed by atoms with van der Waals surface area (Å²) in [6, 6.07) is 3.88. The van der Waals surface area contributed by atoms with Gasteiger partial charge in [0.2, 0.25) is 0 Å². The monoisotopic (exact) mass is 250 g/mol. The van der Waals surface area contributed by atoms with Crippen molar-refractivity contribution in [2.45, 2.75) is 38.5 Å². The average molecular weight is 250 g/mol. The van der Waals surface area contributed by atoms with Crippen molar-refractivity contribution in [3.05, 3.63) is 24.2 Å². The predicted molar refractivity (Wildman–Crippen MR) is 69.0 cm³/mol. The molecule has 0 aromatic carbocycles. The van der Waals surface area contributed by atoms with E-state index in [2.05, 4.69) is 19.2 Å². The van der Waals surface area contributed by atoms with Crippen molar-refractivity contribution in [2.24, 2.45) is 17.1 Å². The summed E-state index contributed by atoms with van der Waals surface area (Å²) in [5.74, 6) is 1.45. The number of hydrogen-bond acceptors (Lipinski definition) is 4. The number of nitrogens with two attached hydrogens (primary N) is 1. The molecule has 0 radical (unpaired) electrons. The van der Waals surface area contributed by atoms with Crippen molar-refractivity contribution in [2.75, 3.05) is 13.2 Å². The van der Waals surface area contributed by atoms with Crippen LogP contribution in [0.4, 0.5) is 0 Å². The van der Waals surface area contributed by atoms with E-state index in [4.69, 9.17) is 14.9 Å². The van der Waals surface area contributed by atoms with E-state index in [0.717, 1.165) is 31.9 Å². The maximum atomic E-state index is 6.63. The highest BCUT2D eigenvalue weighted by atomic mass is 16.5. The number of nitrogens with one attached hydrogen (secondary N) is 1. The van der Waals surface area contributed by atoms with Gasteiger partial charge in [-0.3, -0.25) is 0 Å². The van der Waals surface area contributed by atoms with Gasteiger partial charge in [-0.05, 0) is 18.6 Å². The second-order valence-electron chi connectivity index (χ2n) is 6.13. The van der Waals surface area contributed by atoms with Crippen molar-refractivity contribution in [1.29, 1.82) is 0 Å². The van der Waals surface area contributed by atoms with Gasteiger partial charge in [0.25, 0.3) is 0 Å². The van der Waals surface area contributed by atoms with Crippen molar-refractivity contribution in [3.63, 3.8) is 0 Å². The molecule has 4 nitrogen and oxygen atoms in total. The fourth-order valence-corrected chi connectivity index (χ4v) is 3.64. The molecule has 0 amide bonds. The molecular weight excluding hydrogens is 228 g/mol. The summed E-state index contributed by atoms with van der Waals surface area (Å²) in [5.41, 5.74) is 6.51. The highest BCUT2D eigenvalue weighted by Crippen LogP contribution is 2.57. The lowest BCUT2D eigenvalue weighted by Gasteiger charge is -2.62. The molecule has 3 unspecified atom stereocenters. The molecule has 3 rings (SSSR count). The number of furan rings is 1. The van der Waals surface area contributed by atoms with Crippen LogP contribution in [0.1, 0.15) is 26.0 Å². The number of rotatable bonds is 4. The Bertz CT molecular complexity index is 415. The van der Waals surface area contributed by atoms with Gasteiger partial charge in [-0.25, -0.2) is 0 Å². The Morgan fingerprint density at radius 2 is 2.33 bits per heavy atom. The first kappa shape index (κ1) is 12.2. The van der Waals surface area contributed by atoms with Crippen molar-refractivity contribution in [3.8, 4) is 0 Å². The molecule has 0 spiro atoms. The van der Waals surface area contributed by atoms with Gasteiger partial charge in [-0.15, -0.1) is 0 Å². The molecule has 1 saturated carbocycles. The normalized spacial score (nSPS) is 37.3. The van der Waals surface area contributed by atoms with Crippen LogP contribution in [0.5, 0.6) is 0 Å². The van der Waals surface area contributed by atoms with E-state index in [-0.39, 0.29) is 11.0 Å². The summed E-state index contributed by atoms with van der Waals surface area (Å²) in [6.45, 7) is 6.84. The van der Waals surface area contributed by atoms with Gasteiger partial charge < -0.3 is 20.2 Å². The van der Waals surface area contributed by atoms with Crippen molar-refractivity contribution >= 4 is 0 Å². The summed E-state index contributed by atoms with van der Waals surface area (Å²) < 4.78 is 11.1. The minimum Gasteiger partial charge on any atom is -0.468 e. The Morgan fingerprint density at radius 3 is 3.06 bits per heavy atom. The molecule has 100 valence electrons. The molecule has 18 heavy (non-hydrogen) atoms. The topological polar surface area (TPSA) is 60.4 Å². The van der Waals surface area contributed by atoms with Crippen LogP contribution in [0.2, 0.25) is 0 Å². The molecule has 3 atom stereocenters. The van der Waals surface area contributed by atoms with Gasteiger partial charge in [0, 0.05) is 30.0 Å². The van der Waals surface area contributed by atoms with Crippen LogP contribution < -0.4 is 11.1 Å². The van der Waals surface area contributed by atoms with Gasteiger partial charge in [-0.1, -0.05) is 13.8 Å². The molecule has 1 aliphatic carbocycles.